The number of imidazole rings is 1. The molecular formula is C17H26BrN5. The molecule has 2 aromatic heterocycles. The van der Waals surface area contributed by atoms with Gasteiger partial charge in [-0.25, -0.2) is 9.97 Å². The zero-order valence-corrected chi connectivity index (χ0v) is 15.9. The van der Waals surface area contributed by atoms with E-state index in [0.29, 0.717) is 6.04 Å². The third-order valence-corrected chi connectivity index (χ3v) is 5.26. The van der Waals surface area contributed by atoms with E-state index in [-0.39, 0.29) is 0 Å². The zero-order chi connectivity index (χ0) is 16.4. The minimum absolute atomic E-state index is 0.391. The van der Waals surface area contributed by atoms with E-state index in [1.54, 1.807) is 0 Å². The van der Waals surface area contributed by atoms with Gasteiger partial charge < -0.3 is 9.47 Å². The van der Waals surface area contributed by atoms with Gasteiger partial charge in [0.05, 0.1) is 23.3 Å². The van der Waals surface area contributed by atoms with Crippen LogP contribution < -0.4 is 0 Å². The molecule has 1 unspecified atom stereocenters. The van der Waals surface area contributed by atoms with E-state index in [1.807, 2.05) is 12.3 Å². The number of hydrogen-bond donors (Lipinski definition) is 0. The minimum Gasteiger partial charge on any atom is -0.329 e. The molecule has 0 spiro atoms. The van der Waals surface area contributed by atoms with Crippen LogP contribution in [0.5, 0.6) is 0 Å². The molecule has 1 aliphatic heterocycles. The molecule has 3 heterocycles. The molecule has 3 rings (SSSR count). The zero-order valence-electron chi connectivity index (χ0n) is 14.3. The molecule has 126 valence electrons. The molecule has 0 aliphatic carbocycles. The van der Waals surface area contributed by atoms with Crippen LogP contribution in [0.3, 0.4) is 0 Å². The van der Waals surface area contributed by atoms with E-state index in [0.717, 1.165) is 41.7 Å². The van der Waals surface area contributed by atoms with Crippen molar-refractivity contribution in [1.29, 1.82) is 0 Å². The monoisotopic (exact) mass is 379 g/mol. The number of likely N-dealkylation sites (N-methyl/N-ethyl adjacent to an activating group) is 1. The smallest absolute Gasteiger partial charge is 0.127 e. The first kappa shape index (κ1) is 16.9. The molecule has 0 N–H and O–H groups in total. The van der Waals surface area contributed by atoms with Crippen molar-refractivity contribution in [1.82, 2.24) is 24.3 Å². The molecule has 0 aromatic carbocycles. The highest BCUT2D eigenvalue weighted by Crippen LogP contribution is 2.29. The Balaban J connectivity index is 1.95. The maximum atomic E-state index is 4.95. The normalized spacial score (nSPS) is 19.1. The van der Waals surface area contributed by atoms with Gasteiger partial charge in [0, 0.05) is 26.7 Å². The Bertz CT molecular complexity index is 668. The van der Waals surface area contributed by atoms with Gasteiger partial charge in [0.2, 0.25) is 0 Å². The summed E-state index contributed by atoms with van der Waals surface area (Å²) in [7, 11) is 4.34. The number of halogens is 1. The number of rotatable bonds is 4. The molecule has 6 heteroatoms. The lowest BCUT2D eigenvalue weighted by Crippen LogP contribution is -2.34. The van der Waals surface area contributed by atoms with Gasteiger partial charge in [0.1, 0.15) is 10.4 Å². The van der Waals surface area contributed by atoms with E-state index >= 15 is 0 Å². The molecule has 5 nitrogen and oxygen atoms in total. The second-order valence-electron chi connectivity index (χ2n) is 6.52. The standard InChI is InChI=1S/C17H26BrN5/c1-4-6-14(23-8-5-7-21(2)9-10-23)17-20-13-11-16(18)19-12-15(13)22(17)3/h11-12,14H,4-10H2,1-3H3. The second kappa shape index (κ2) is 7.28. The van der Waals surface area contributed by atoms with E-state index in [9.17, 15) is 0 Å². The molecule has 2 aromatic rings. The largest absolute Gasteiger partial charge is 0.329 e. The van der Waals surface area contributed by atoms with Crippen molar-refractivity contribution < 1.29 is 0 Å². The maximum absolute atomic E-state index is 4.95. The number of aromatic nitrogens is 3. The molecule has 0 saturated carbocycles. The average molecular weight is 380 g/mol. The van der Waals surface area contributed by atoms with Crippen molar-refractivity contribution in [2.24, 2.45) is 7.05 Å². The molecule has 23 heavy (non-hydrogen) atoms. The van der Waals surface area contributed by atoms with Crippen LogP contribution >= 0.6 is 15.9 Å². The lowest BCUT2D eigenvalue weighted by molar-refractivity contribution is 0.183. The van der Waals surface area contributed by atoms with Gasteiger partial charge in [-0.3, -0.25) is 4.90 Å². The number of nitrogens with zero attached hydrogens (tertiary/aromatic N) is 5. The molecule has 0 radical (unpaired) electrons. The third-order valence-electron chi connectivity index (χ3n) is 4.82. The highest BCUT2D eigenvalue weighted by molar-refractivity contribution is 9.10. The number of aryl methyl sites for hydroxylation is 1. The SMILES string of the molecule is CCCC(c1nc2cc(Br)ncc2n1C)N1CCCN(C)CC1. The molecule has 0 bridgehead atoms. The van der Waals surface area contributed by atoms with Crippen molar-refractivity contribution >= 4 is 27.0 Å². The van der Waals surface area contributed by atoms with Gasteiger partial charge in [0.15, 0.2) is 0 Å². The van der Waals surface area contributed by atoms with Crippen LogP contribution in [-0.2, 0) is 7.05 Å². The summed E-state index contributed by atoms with van der Waals surface area (Å²) in [5.74, 6) is 1.17. The first-order chi connectivity index (χ1) is 11.1. The van der Waals surface area contributed by atoms with Gasteiger partial charge in [-0.1, -0.05) is 13.3 Å². The minimum atomic E-state index is 0.391. The number of hydrogen-bond acceptors (Lipinski definition) is 4. The predicted molar refractivity (Wildman–Crippen MR) is 97.5 cm³/mol. The van der Waals surface area contributed by atoms with Crippen LogP contribution in [-0.4, -0.2) is 57.6 Å². The van der Waals surface area contributed by atoms with Crippen LogP contribution in [0.15, 0.2) is 16.9 Å². The Hall–Kier alpha value is -0.980. The fourth-order valence-corrected chi connectivity index (χ4v) is 3.83. The van der Waals surface area contributed by atoms with E-state index in [1.165, 1.54) is 25.2 Å². The van der Waals surface area contributed by atoms with Crippen LogP contribution in [0.2, 0.25) is 0 Å². The fourth-order valence-electron chi connectivity index (χ4n) is 3.51. The summed E-state index contributed by atoms with van der Waals surface area (Å²) < 4.78 is 3.07. The number of pyridine rings is 1. The van der Waals surface area contributed by atoms with E-state index < -0.39 is 0 Å². The van der Waals surface area contributed by atoms with Gasteiger partial charge in [0.25, 0.3) is 0 Å². The first-order valence-corrected chi connectivity index (χ1v) is 9.30. The maximum Gasteiger partial charge on any atom is 0.127 e. The van der Waals surface area contributed by atoms with E-state index in [4.69, 9.17) is 4.98 Å². The van der Waals surface area contributed by atoms with Crippen molar-refractivity contribution in [2.75, 3.05) is 33.2 Å². The highest BCUT2D eigenvalue weighted by Gasteiger charge is 2.26. The van der Waals surface area contributed by atoms with Crippen LogP contribution in [0.1, 0.15) is 38.1 Å². The molecule has 1 fully saturated rings. The molecule has 0 amide bonds. The Morgan fingerprint density at radius 3 is 2.83 bits per heavy atom. The predicted octanol–water partition coefficient (Wildman–Crippen LogP) is 3.21. The average Bonchev–Trinajstić information content (AvgIpc) is 2.69. The molecule has 1 aliphatic rings. The summed E-state index contributed by atoms with van der Waals surface area (Å²) in [6.45, 7) is 6.86. The van der Waals surface area contributed by atoms with Crippen molar-refractivity contribution in [3.05, 3.63) is 22.7 Å². The summed E-state index contributed by atoms with van der Waals surface area (Å²) in [5.41, 5.74) is 2.13. The Labute approximate surface area is 146 Å². The van der Waals surface area contributed by atoms with Crippen LogP contribution in [0.4, 0.5) is 0 Å². The lowest BCUT2D eigenvalue weighted by Gasteiger charge is -2.30. The Morgan fingerprint density at radius 1 is 1.22 bits per heavy atom. The summed E-state index contributed by atoms with van der Waals surface area (Å²) in [5, 5.41) is 0. The fraction of sp³-hybridized carbons (Fsp3) is 0.647. The molecule has 1 atom stereocenters. The van der Waals surface area contributed by atoms with Gasteiger partial charge in [-0.05, 0) is 48.4 Å². The third kappa shape index (κ3) is 3.59. The summed E-state index contributed by atoms with van der Waals surface area (Å²) >= 11 is 3.45. The number of fused-ring (bicyclic) bond motifs is 1. The summed E-state index contributed by atoms with van der Waals surface area (Å²) in [6.07, 6.45) is 5.46. The second-order valence-corrected chi connectivity index (χ2v) is 7.33. The van der Waals surface area contributed by atoms with Crippen molar-refractivity contribution in [3.63, 3.8) is 0 Å². The van der Waals surface area contributed by atoms with Crippen LogP contribution in [0.25, 0.3) is 11.0 Å². The first-order valence-electron chi connectivity index (χ1n) is 8.50. The quantitative estimate of drug-likeness (QED) is 0.764. The highest BCUT2D eigenvalue weighted by atomic mass is 79.9. The summed E-state index contributed by atoms with van der Waals surface area (Å²) in [6, 6.07) is 2.40. The van der Waals surface area contributed by atoms with Gasteiger partial charge in [-0.2, -0.15) is 0 Å². The summed E-state index contributed by atoms with van der Waals surface area (Å²) in [4.78, 5) is 14.4. The van der Waals surface area contributed by atoms with Crippen molar-refractivity contribution in [3.8, 4) is 0 Å². The van der Waals surface area contributed by atoms with Gasteiger partial charge >= 0.3 is 0 Å². The van der Waals surface area contributed by atoms with Crippen molar-refractivity contribution in [2.45, 2.75) is 32.2 Å². The molecular weight excluding hydrogens is 354 g/mol. The Kier molecular flexibility index (Phi) is 5.34. The molecule has 1 saturated heterocycles. The van der Waals surface area contributed by atoms with E-state index in [2.05, 4.69) is 56.3 Å². The lowest BCUT2D eigenvalue weighted by atomic mass is 10.1. The topological polar surface area (TPSA) is 37.2 Å². The van der Waals surface area contributed by atoms with Crippen LogP contribution in [0, 0.1) is 0 Å². The Morgan fingerprint density at radius 2 is 2.04 bits per heavy atom. The van der Waals surface area contributed by atoms with Gasteiger partial charge in [-0.15, -0.1) is 0 Å².